The van der Waals surface area contributed by atoms with Crippen LogP contribution in [0.2, 0.25) is 0 Å². The lowest BCUT2D eigenvalue weighted by molar-refractivity contribution is -0.119. The highest BCUT2D eigenvalue weighted by molar-refractivity contribution is 7.59. The molecule has 0 spiro atoms. The number of nitrogens with one attached hydrogen (secondary N) is 1. The number of fused-ring (bicyclic) bond motifs is 1. The maximum Gasteiger partial charge on any atom is 0.240 e. The van der Waals surface area contributed by atoms with Gasteiger partial charge >= 0.3 is 0 Å². The third kappa shape index (κ3) is 4.35. The lowest BCUT2D eigenvalue weighted by Crippen LogP contribution is -2.41. The molecule has 3 heterocycles. The highest BCUT2D eigenvalue weighted by Gasteiger charge is 2.32. The molecular weight excluding hydrogens is 388 g/mol. The Labute approximate surface area is 176 Å². The number of aromatic amines is 1. The normalized spacial score (nSPS) is 16.2. The number of nitrogens with zero attached hydrogens (tertiary/aromatic N) is 4. The summed E-state index contributed by atoms with van der Waals surface area (Å²) in [5, 5.41) is 0. The van der Waals surface area contributed by atoms with E-state index in [1.807, 2.05) is 35.2 Å². The molecule has 0 unspecified atom stereocenters. The predicted octanol–water partition coefficient (Wildman–Crippen LogP) is 2.51. The van der Waals surface area contributed by atoms with Crippen LogP contribution >= 0.6 is 13.5 Å². The summed E-state index contributed by atoms with van der Waals surface area (Å²) >= 11 is 0. The average molecular weight is 415 g/mol. The van der Waals surface area contributed by atoms with Gasteiger partial charge in [-0.25, -0.2) is 15.0 Å². The third-order valence-electron chi connectivity index (χ3n) is 4.85. The molecule has 29 heavy (non-hydrogen) atoms. The number of carbonyl (C=O) groups is 1. The molecule has 154 valence electrons. The number of carbonyl (C=O) groups excluding carboxylic acids is 1. The fraction of sp³-hybridized carbons (Fsp3) is 0.400. The molecule has 8 nitrogen and oxygen atoms in total. The van der Waals surface area contributed by atoms with Crippen molar-refractivity contribution in [3.63, 3.8) is 0 Å². The van der Waals surface area contributed by atoms with Gasteiger partial charge < -0.3 is 20.4 Å². The second-order valence-corrected chi connectivity index (χ2v) is 6.93. The Bertz CT molecular complexity index is 978. The SMILES string of the molecule is CCCOCc1nc2nc(-c3ccccc3)nc(N3CCC[C@H]3C(N)=O)c2[nH]1.S. The average Bonchev–Trinajstić information content (AvgIpc) is 3.35. The van der Waals surface area contributed by atoms with Gasteiger partial charge in [-0.1, -0.05) is 37.3 Å². The summed E-state index contributed by atoms with van der Waals surface area (Å²) in [6, 6.07) is 9.38. The number of anilines is 1. The van der Waals surface area contributed by atoms with Gasteiger partial charge in [0.2, 0.25) is 5.91 Å². The summed E-state index contributed by atoms with van der Waals surface area (Å²) < 4.78 is 5.61. The van der Waals surface area contributed by atoms with Crippen LogP contribution in [0, 0.1) is 0 Å². The lowest BCUT2D eigenvalue weighted by atomic mass is 10.2. The highest BCUT2D eigenvalue weighted by Crippen LogP contribution is 2.31. The molecule has 0 radical (unpaired) electrons. The minimum absolute atomic E-state index is 0. The van der Waals surface area contributed by atoms with Crippen LogP contribution in [0.3, 0.4) is 0 Å². The largest absolute Gasteiger partial charge is 0.374 e. The third-order valence-corrected chi connectivity index (χ3v) is 4.85. The van der Waals surface area contributed by atoms with Gasteiger partial charge in [0.15, 0.2) is 17.3 Å². The first-order valence-corrected chi connectivity index (χ1v) is 9.63. The Balaban J connectivity index is 0.00000240. The van der Waals surface area contributed by atoms with E-state index in [0.717, 1.165) is 24.8 Å². The van der Waals surface area contributed by atoms with E-state index in [1.165, 1.54) is 0 Å². The quantitative estimate of drug-likeness (QED) is 0.575. The fourth-order valence-corrected chi connectivity index (χ4v) is 3.55. The number of nitrogens with two attached hydrogens (primary N) is 1. The number of aromatic nitrogens is 4. The summed E-state index contributed by atoms with van der Waals surface area (Å²) in [7, 11) is 0. The second kappa shape index (κ2) is 9.23. The van der Waals surface area contributed by atoms with Crippen molar-refractivity contribution in [1.29, 1.82) is 0 Å². The molecule has 1 amide bonds. The van der Waals surface area contributed by atoms with Crippen molar-refractivity contribution >= 4 is 36.4 Å². The van der Waals surface area contributed by atoms with Crippen LogP contribution in [0.25, 0.3) is 22.6 Å². The second-order valence-electron chi connectivity index (χ2n) is 6.93. The molecule has 1 aromatic carbocycles. The van der Waals surface area contributed by atoms with Crippen LogP contribution in [0.1, 0.15) is 32.0 Å². The maximum atomic E-state index is 11.9. The van der Waals surface area contributed by atoms with E-state index in [4.69, 9.17) is 15.5 Å². The van der Waals surface area contributed by atoms with E-state index in [-0.39, 0.29) is 25.4 Å². The smallest absolute Gasteiger partial charge is 0.240 e. The Morgan fingerprint density at radius 3 is 2.79 bits per heavy atom. The fourth-order valence-electron chi connectivity index (χ4n) is 3.55. The van der Waals surface area contributed by atoms with Crippen molar-refractivity contribution < 1.29 is 9.53 Å². The minimum atomic E-state index is -0.371. The molecule has 0 saturated carbocycles. The molecule has 4 rings (SSSR count). The molecule has 1 atom stereocenters. The summed E-state index contributed by atoms with van der Waals surface area (Å²) in [4.78, 5) is 31.2. The first kappa shape index (κ1) is 21.1. The number of imidazole rings is 1. The Morgan fingerprint density at radius 1 is 1.28 bits per heavy atom. The number of hydrogen-bond donors (Lipinski definition) is 2. The Morgan fingerprint density at radius 2 is 2.07 bits per heavy atom. The van der Waals surface area contributed by atoms with Crippen molar-refractivity contribution in [3.05, 3.63) is 36.2 Å². The molecule has 1 saturated heterocycles. The number of ether oxygens (including phenoxy) is 1. The van der Waals surface area contributed by atoms with Crippen LogP contribution < -0.4 is 10.6 Å². The van der Waals surface area contributed by atoms with Gasteiger partial charge in [-0.2, -0.15) is 13.5 Å². The lowest BCUT2D eigenvalue weighted by Gasteiger charge is -2.23. The number of hydrogen-bond acceptors (Lipinski definition) is 6. The molecule has 0 bridgehead atoms. The molecule has 1 fully saturated rings. The minimum Gasteiger partial charge on any atom is -0.374 e. The van der Waals surface area contributed by atoms with Gasteiger partial charge in [0.25, 0.3) is 0 Å². The van der Waals surface area contributed by atoms with Gasteiger partial charge in [0, 0.05) is 18.7 Å². The number of H-pyrrole nitrogens is 1. The van der Waals surface area contributed by atoms with Gasteiger partial charge in [-0.3, -0.25) is 4.79 Å². The van der Waals surface area contributed by atoms with E-state index in [9.17, 15) is 4.79 Å². The molecule has 2 aromatic heterocycles. The van der Waals surface area contributed by atoms with Crippen LogP contribution in [-0.2, 0) is 16.1 Å². The zero-order valence-corrected chi connectivity index (χ0v) is 17.4. The summed E-state index contributed by atoms with van der Waals surface area (Å²) in [6.07, 6.45) is 2.56. The van der Waals surface area contributed by atoms with Gasteiger partial charge in [0.1, 0.15) is 24.0 Å². The van der Waals surface area contributed by atoms with Crippen molar-refractivity contribution in [2.75, 3.05) is 18.1 Å². The highest BCUT2D eigenvalue weighted by atomic mass is 32.1. The predicted molar refractivity (Wildman–Crippen MR) is 117 cm³/mol. The van der Waals surface area contributed by atoms with Crippen molar-refractivity contribution in [2.24, 2.45) is 5.73 Å². The van der Waals surface area contributed by atoms with Gasteiger partial charge in [0.05, 0.1) is 0 Å². The number of rotatable bonds is 7. The van der Waals surface area contributed by atoms with Gasteiger partial charge in [-0.15, -0.1) is 0 Å². The first-order valence-electron chi connectivity index (χ1n) is 9.63. The van der Waals surface area contributed by atoms with Crippen molar-refractivity contribution in [3.8, 4) is 11.4 Å². The van der Waals surface area contributed by atoms with Crippen LogP contribution in [0.15, 0.2) is 30.3 Å². The van der Waals surface area contributed by atoms with E-state index in [0.29, 0.717) is 48.4 Å². The van der Waals surface area contributed by atoms with Crippen LogP contribution in [0.5, 0.6) is 0 Å². The topological polar surface area (TPSA) is 110 Å². The first-order chi connectivity index (χ1) is 13.7. The summed E-state index contributed by atoms with van der Waals surface area (Å²) in [5.41, 5.74) is 7.81. The summed E-state index contributed by atoms with van der Waals surface area (Å²) in [6.45, 7) is 3.82. The molecule has 3 aromatic rings. The zero-order chi connectivity index (χ0) is 19.5. The molecule has 9 heteroatoms. The Kier molecular flexibility index (Phi) is 6.71. The Hall–Kier alpha value is -2.65. The standard InChI is InChI=1S/C20H24N6O2.H2S/c1-2-11-28-12-15-22-16-19(23-15)24-18(13-7-4-3-5-8-13)25-20(16)26-10-6-9-14(26)17(21)27;/h3-5,7-8,14H,2,6,9-12H2,1H3,(H2,21,27)(H,22,23,24,25);1H2/t14-;/m0./s1. The zero-order valence-electron chi connectivity index (χ0n) is 16.4. The van der Waals surface area contributed by atoms with Crippen molar-refractivity contribution in [2.45, 2.75) is 38.8 Å². The number of benzene rings is 1. The van der Waals surface area contributed by atoms with E-state index in [1.54, 1.807) is 0 Å². The molecule has 1 aliphatic heterocycles. The molecule has 1 aliphatic rings. The molecular formula is C20H26N6O2S. The van der Waals surface area contributed by atoms with Crippen LogP contribution in [0.4, 0.5) is 5.82 Å². The van der Waals surface area contributed by atoms with E-state index < -0.39 is 0 Å². The van der Waals surface area contributed by atoms with E-state index >= 15 is 0 Å². The number of amides is 1. The molecule has 3 N–H and O–H groups in total. The van der Waals surface area contributed by atoms with E-state index in [2.05, 4.69) is 21.9 Å². The van der Waals surface area contributed by atoms with Crippen LogP contribution in [-0.4, -0.2) is 45.0 Å². The molecule has 0 aliphatic carbocycles. The van der Waals surface area contributed by atoms with Crippen molar-refractivity contribution in [1.82, 2.24) is 19.9 Å². The monoisotopic (exact) mass is 414 g/mol. The summed E-state index contributed by atoms with van der Waals surface area (Å²) in [5.74, 6) is 1.60. The number of primary amides is 1. The maximum absolute atomic E-state index is 11.9. The van der Waals surface area contributed by atoms with Gasteiger partial charge in [-0.05, 0) is 19.3 Å².